The lowest BCUT2D eigenvalue weighted by molar-refractivity contribution is 0.276. The summed E-state index contributed by atoms with van der Waals surface area (Å²) < 4.78 is 5.96. The number of rotatable bonds is 6. The SMILES string of the molecule is CC(C)NCc1cccc(Cl)c1Oc1ccccc1CO. The summed E-state index contributed by atoms with van der Waals surface area (Å²) in [4.78, 5) is 0. The minimum absolute atomic E-state index is 0.0692. The van der Waals surface area contributed by atoms with Crippen LogP contribution in [0.25, 0.3) is 0 Å². The van der Waals surface area contributed by atoms with Gasteiger partial charge >= 0.3 is 0 Å². The van der Waals surface area contributed by atoms with Crippen LogP contribution in [0.15, 0.2) is 42.5 Å². The van der Waals surface area contributed by atoms with Crippen LogP contribution in [0.4, 0.5) is 0 Å². The fraction of sp³-hybridized carbons (Fsp3) is 0.294. The second-order valence-electron chi connectivity index (χ2n) is 5.13. The molecule has 0 unspecified atom stereocenters. The number of para-hydroxylation sites is 2. The van der Waals surface area contributed by atoms with Crippen molar-refractivity contribution in [3.8, 4) is 11.5 Å². The number of aliphatic hydroxyl groups excluding tert-OH is 1. The number of halogens is 1. The average molecular weight is 306 g/mol. The highest BCUT2D eigenvalue weighted by Gasteiger charge is 2.12. The number of hydrogen-bond acceptors (Lipinski definition) is 3. The van der Waals surface area contributed by atoms with Gasteiger partial charge in [0.1, 0.15) is 5.75 Å². The number of benzene rings is 2. The van der Waals surface area contributed by atoms with E-state index >= 15 is 0 Å². The molecule has 3 nitrogen and oxygen atoms in total. The molecule has 2 aromatic rings. The zero-order valence-electron chi connectivity index (χ0n) is 12.3. The third-order valence-electron chi connectivity index (χ3n) is 3.10. The highest BCUT2D eigenvalue weighted by Crippen LogP contribution is 2.34. The summed E-state index contributed by atoms with van der Waals surface area (Å²) in [7, 11) is 0. The Balaban J connectivity index is 2.30. The Morgan fingerprint density at radius 3 is 2.52 bits per heavy atom. The molecule has 0 aliphatic carbocycles. The fourth-order valence-corrected chi connectivity index (χ4v) is 2.20. The molecule has 0 spiro atoms. The van der Waals surface area contributed by atoms with Crippen LogP contribution in [0.5, 0.6) is 11.5 Å². The van der Waals surface area contributed by atoms with Crippen LogP contribution in [0, 0.1) is 0 Å². The number of aliphatic hydroxyl groups is 1. The van der Waals surface area contributed by atoms with Gasteiger partial charge in [-0.05, 0) is 12.1 Å². The molecule has 0 aliphatic heterocycles. The molecule has 0 amide bonds. The summed E-state index contributed by atoms with van der Waals surface area (Å²) in [5.74, 6) is 1.26. The molecule has 0 aliphatic rings. The van der Waals surface area contributed by atoms with Gasteiger partial charge in [0.25, 0.3) is 0 Å². The first-order valence-corrected chi connectivity index (χ1v) is 7.37. The van der Waals surface area contributed by atoms with Crippen molar-refractivity contribution in [3.05, 3.63) is 58.6 Å². The first-order valence-electron chi connectivity index (χ1n) is 6.99. The molecule has 2 rings (SSSR count). The molecule has 0 radical (unpaired) electrons. The van der Waals surface area contributed by atoms with Crippen molar-refractivity contribution in [1.82, 2.24) is 5.32 Å². The first kappa shape index (κ1) is 15.8. The molecule has 2 N–H and O–H groups in total. The maximum atomic E-state index is 9.39. The minimum Gasteiger partial charge on any atom is -0.455 e. The van der Waals surface area contributed by atoms with E-state index in [1.807, 2.05) is 36.4 Å². The molecular weight excluding hydrogens is 286 g/mol. The second kappa shape index (κ2) is 7.46. The first-order chi connectivity index (χ1) is 10.1. The van der Waals surface area contributed by atoms with Gasteiger partial charge in [0, 0.05) is 23.7 Å². The third-order valence-corrected chi connectivity index (χ3v) is 3.40. The van der Waals surface area contributed by atoms with Crippen LogP contribution in [0.1, 0.15) is 25.0 Å². The second-order valence-corrected chi connectivity index (χ2v) is 5.54. The molecule has 112 valence electrons. The van der Waals surface area contributed by atoms with Gasteiger partial charge in [0.05, 0.1) is 11.6 Å². The zero-order valence-corrected chi connectivity index (χ0v) is 13.0. The lowest BCUT2D eigenvalue weighted by Crippen LogP contribution is -2.22. The van der Waals surface area contributed by atoms with Gasteiger partial charge in [-0.25, -0.2) is 0 Å². The number of hydrogen-bond donors (Lipinski definition) is 2. The minimum atomic E-state index is -0.0692. The van der Waals surface area contributed by atoms with Crippen LogP contribution in [-0.2, 0) is 13.2 Å². The number of ether oxygens (including phenoxy) is 1. The van der Waals surface area contributed by atoms with E-state index in [1.165, 1.54) is 0 Å². The van der Waals surface area contributed by atoms with Crippen LogP contribution < -0.4 is 10.1 Å². The Morgan fingerprint density at radius 2 is 1.81 bits per heavy atom. The molecule has 0 heterocycles. The average Bonchev–Trinajstić information content (AvgIpc) is 2.48. The Bertz CT molecular complexity index is 599. The van der Waals surface area contributed by atoms with Crippen molar-refractivity contribution >= 4 is 11.6 Å². The molecule has 0 bridgehead atoms. The predicted molar refractivity (Wildman–Crippen MR) is 85.9 cm³/mol. The summed E-state index contributed by atoms with van der Waals surface area (Å²) in [5.41, 5.74) is 1.73. The van der Waals surface area contributed by atoms with Crippen molar-refractivity contribution in [1.29, 1.82) is 0 Å². The molecule has 0 atom stereocenters. The Morgan fingerprint density at radius 1 is 1.10 bits per heavy atom. The third kappa shape index (κ3) is 4.21. The smallest absolute Gasteiger partial charge is 0.150 e. The van der Waals surface area contributed by atoms with Gasteiger partial charge in [-0.15, -0.1) is 0 Å². The molecule has 0 fully saturated rings. The quantitative estimate of drug-likeness (QED) is 0.843. The van der Waals surface area contributed by atoms with Crippen molar-refractivity contribution in [2.45, 2.75) is 33.0 Å². The van der Waals surface area contributed by atoms with Gasteiger partial charge in [-0.2, -0.15) is 0 Å². The summed E-state index contributed by atoms with van der Waals surface area (Å²) in [6, 6.07) is 13.5. The summed E-state index contributed by atoms with van der Waals surface area (Å²) in [6.07, 6.45) is 0. The summed E-state index contributed by atoms with van der Waals surface area (Å²) in [5, 5.41) is 13.3. The molecule has 4 heteroatoms. The van der Waals surface area contributed by atoms with E-state index in [-0.39, 0.29) is 6.61 Å². The summed E-state index contributed by atoms with van der Waals surface area (Å²) in [6.45, 7) is 4.79. The Kier molecular flexibility index (Phi) is 5.62. The lowest BCUT2D eigenvalue weighted by Gasteiger charge is -2.16. The van der Waals surface area contributed by atoms with Gasteiger partial charge < -0.3 is 15.2 Å². The largest absolute Gasteiger partial charge is 0.455 e. The van der Waals surface area contributed by atoms with E-state index in [0.29, 0.717) is 29.1 Å². The van der Waals surface area contributed by atoms with Crippen LogP contribution in [0.2, 0.25) is 5.02 Å². The highest BCUT2D eigenvalue weighted by molar-refractivity contribution is 6.32. The van der Waals surface area contributed by atoms with E-state index in [9.17, 15) is 5.11 Å². The Hall–Kier alpha value is -1.55. The summed E-state index contributed by atoms with van der Waals surface area (Å²) >= 11 is 6.27. The standard InChI is InChI=1S/C17H20ClNO2/c1-12(2)19-10-13-7-5-8-15(18)17(13)21-16-9-4-3-6-14(16)11-20/h3-9,12,19-20H,10-11H2,1-2H3. The maximum Gasteiger partial charge on any atom is 0.150 e. The van der Waals surface area contributed by atoms with Crippen molar-refractivity contribution in [2.75, 3.05) is 0 Å². The van der Waals surface area contributed by atoms with Crippen molar-refractivity contribution < 1.29 is 9.84 Å². The Labute approximate surface area is 130 Å². The topological polar surface area (TPSA) is 41.5 Å². The zero-order chi connectivity index (χ0) is 15.2. The predicted octanol–water partition coefficient (Wildman–Crippen LogP) is 4.12. The van der Waals surface area contributed by atoms with Crippen LogP contribution in [-0.4, -0.2) is 11.1 Å². The fourth-order valence-electron chi connectivity index (χ4n) is 1.97. The molecule has 0 aromatic heterocycles. The van der Waals surface area contributed by atoms with E-state index in [4.69, 9.17) is 16.3 Å². The van der Waals surface area contributed by atoms with Crippen LogP contribution in [0.3, 0.4) is 0 Å². The van der Waals surface area contributed by atoms with E-state index in [0.717, 1.165) is 11.1 Å². The van der Waals surface area contributed by atoms with Gasteiger partial charge in [0.15, 0.2) is 5.75 Å². The van der Waals surface area contributed by atoms with E-state index < -0.39 is 0 Å². The molecular formula is C17H20ClNO2. The monoisotopic (exact) mass is 305 g/mol. The van der Waals surface area contributed by atoms with Crippen molar-refractivity contribution in [2.24, 2.45) is 0 Å². The van der Waals surface area contributed by atoms with Gasteiger partial charge in [-0.3, -0.25) is 0 Å². The molecule has 21 heavy (non-hydrogen) atoms. The highest BCUT2D eigenvalue weighted by atomic mass is 35.5. The van der Waals surface area contributed by atoms with E-state index in [2.05, 4.69) is 19.2 Å². The lowest BCUT2D eigenvalue weighted by atomic mass is 10.1. The maximum absolute atomic E-state index is 9.39. The van der Waals surface area contributed by atoms with Gasteiger partial charge in [-0.1, -0.05) is 55.8 Å². The van der Waals surface area contributed by atoms with Crippen molar-refractivity contribution in [3.63, 3.8) is 0 Å². The van der Waals surface area contributed by atoms with Crippen LogP contribution >= 0.6 is 11.6 Å². The van der Waals surface area contributed by atoms with Gasteiger partial charge in [0.2, 0.25) is 0 Å². The molecule has 2 aromatic carbocycles. The normalized spacial score (nSPS) is 10.9. The van der Waals surface area contributed by atoms with E-state index in [1.54, 1.807) is 6.07 Å². The molecule has 0 saturated heterocycles. The molecule has 0 saturated carbocycles. The number of nitrogens with one attached hydrogen (secondary N) is 1.